The van der Waals surface area contributed by atoms with Gasteiger partial charge in [0.1, 0.15) is 11.4 Å². The monoisotopic (exact) mass is 181 g/mol. The van der Waals surface area contributed by atoms with Crippen LogP contribution in [0.5, 0.6) is 0 Å². The third-order valence-corrected chi connectivity index (χ3v) is 1.51. The standard InChI is InChI=1S/C9H8ClNO/c1-7-5-8(3-2-4-12)6-9(10)11-7/h2-6H,1H3/b3-2+. The van der Waals surface area contributed by atoms with Gasteiger partial charge in [0.25, 0.3) is 0 Å². The Morgan fingerprint density at radius 1 is 1.50 bits per heavy atom. The average molecular weight is 182 g/mol. The molecule has 0 aliphatic rings. The molecule has 0 aliphatic heterocycles. The third-order valence-electron chi connectivity index (χ3n) is 1.31. The van der Waals surface area contributed by atoms with Gasteiger partial charge in [-0.25, -0.2) is 4.98 Å². The van der Waals surface area contributed by atoms with Crippen molar-refractivity contribution in [2.75, 3.05) is 0 Å². The van der Waals surface area contributed by atoms with Gasteiger partial charge in [-0.15, -0.1) is 0 Å². The molecule has 62 valence electrons. The lowest BCUT2D eigenvalue weighted by molar-refractivity contribution is -0.104. The molecule has 0 aromatic carbocycles. The molecule has 1 aromatic rings. The molecule has 1 heterocycles. The number of allylic oxidation sites excluding steroid dienone is 1. The Labute approximate surface area is 75.9 Å². The van der Waals surface area contributed by atoms with Crippen LogP contribution in [0.1, 0.15) is 11.3 Å². The Kier molecular flexibility index (Phi) is 3.00. The number of aryl methyl sites for hydroxylation is 1. The molecule has 0 N–H and O–H groups in total. The molecule has 1 rings (SSSR count). The molecular formula is C9H8ClNO. The Morgan fingerprint density at radius 2 is 2.25 bits per heavy atom. The van der Waals surface area contributed by atoms with Gasteiger partial charge in [0.2, 0.25) is 0 Å². The number of halogens is 1. The van der Waals surface area contributed by atoms with Gasteiger partial charge in [0.05, 0.1) is 0 Å². The molecule has 1 aromatic heterocycles. The van der Waals surface area contributed by atoms with E-state index in [0.717, 1.165) is 17.5 Å². The number of aldehydes is 1. The van der Waals surface area contributed by atoms with Gasteiger partial charge < -0.3 is 0 Å². The Balaban J connectivity index is 3.00. The van der Waals surface area contributed by atoms with E-state index in [1.54, 1.807) is 12.1 Å². The van der Waals surface area contributed by atoms with Gasteiger partial charge in [-0.2, -0.15) is 0 Å². The third kappa shape index (κ3) is 2.47. The maximum Gasteiger partial charge on any atom is 0.142 e. The van der Waals surface area contributed by atoms with E-state index < -0.39 is 0 Å². The zero-order chi connectivity index (χ0) is 8.97. The van der Waals surface area contributed by atoms with Crippen molar-refractivity contribution in [2.24, 2.45) is 0 Å². The summed E-state index contributed by atoms with van der Waals surface area (Å²) in [6.45, 7) is 1.85. The van der Waals surface area contributed by atoms with Crippen molar-refractivity contribution in [3.05, 3.63) is 34.6 Å². The molecular weight excluding hydrogens is 174 g/mol. The summed E-state index contributed by atoms with van der Waals surface area (Å²) in [4.78, 5) is 14.0. The van der Waals surface area contributed by atoms with Crippen LogP contribution in [0.4, 0.5) is 0 Å². The second kappa shape index (κ2) is 4.02. The SMILES string of the molecule is Cc1cc(/C=C/C=O)cc(Cl)n1. The fourth-order valence-electron chi connectivity index (χ4n) is 0.900. The Bertz CT molecular complexity index is 300. The van der Waals surface area contributed by atoms with E-state index >= 15 is 0 Å². The van der Waals surface area contributed by atoms with Crippen LogP contribution in [-0.4, -0.2) is 11.3 Å². The highest BCUT2D eigenvalue weighted by molar-refractivity contribution is 6.29. The minimum absolute atomic E-state index is 0.445. The quantitative estimate of drug-likeness (QED) is 0.398. The van der Waals surface area contributed by atoms with Crippen LogP contribution in [0.3, 0.4) is 0 Å². The second-order valence-electron chi connectivity index (χ2n) is 2.36. The highest BCUT2D eigenvalue weighted by Crippen LogP contribution is 2.11. The Hall–Kier alpha value is -1.15. The summed E-state index contributed by atoms with van der Waals surface area (Å²) in [7, 11) is 0. The summed E-state index contributed by atoms with van der Waals surface area (Å²) in [5.41, 5.74) is 1.73. The average Bonchev–Trinajstić information content (AvgIpc) is 1.99. The lowest BCUT2D eigenvalue weighted by Gasteiger charge is -1.96. The number of hydrogen-bond donors (Lipinski definition) is 0. The normalized spacial score (nSPS) is 10.5. The summed E-state index contributed by atoms with van der Waals surface area (Å²) in [5.74, 6) is 0. The second-order valence-corrected chi connectivity index (χ2v) is 2.75. The van der Waals surface area contributed by atoms with Gasteiger partial charge in [0, 0.05) is 5.69 Å². The van der Waals surface area contributed by atoms with Crippen molar-refractivity contribution >= 4 is 24.0 Å². The van der Waals surface area contributed by atoms with Crippen LogP contribution in [0.15, 0.2) is 18.2 Å². The van der Waals surface area contributed by atoms with Crippen LogP contribution in [-0.2, 0) is 4.79 Å². The number of aromatic nitrogens is 1. The maximum atomic E-state index is 10.0. The first-order valence-corrected chi connectivity index (χ1v) is 3.86. The summed E-state index contributed by atoms with van der Waals surface area (Å²) < 4.78 is 0. The minimum Gasteiger partial charge on any atom is -0.299 e. The fraction of sp³-hybridized carbons (Fsp3) is 0.111. The predicted molar refractivity (Wildman–Crippen MR) is 49.1 cm³/mol. The first kappa shape index (κ1) is 8.94. The molecule has 0 amide bonds. The van der Waals surface area contributed by atoms with Crippen LogP contribution in [0.2, 0.25) is 5.15 Å². The predicted octanol–water partition coefficient (Wildman–Crippen LogP) is 2.26. The molecule has 0 bridgehead atoms. The van der Waals surface area contributed by atoms with E-state index in [1.165, 1.54) is 6.08 Å². The molecule has 0 saturated heterocycles. The molecule has 0 saturated carbocycles. The smallest absolute Gasteiger partial charge is 0.142 e. The summed E-state index contributed by atoms with van der Waals surface area (Å²) in [6.07, 6.45) is 3.84. The number of pyridine rings is 1. The van der Waals surface area contributed by atoms with Crippen molar-refractivity contribution in [1.82, 2.24) is 4.98 Å². The number of nitrogens with zero attached hydrogens (tertiary/aromatic N) is 1. The topological polar surface area (TPSA) is 30.0 Å². The zero-order valence-electron chi connectivity index (χ0n) is 6.62. The highest BCUT2D eigenvalue weighted by Gasteiger charge is 1.93. The molecule has 0 fully saturated rings. The number of carbonyl (C=O) groups excluding carboxylic acids is 1. The zero-order valence-corrected chi connectivity index (χ0v) is 7.38. The van der Waals surface area contributed by atoms with Gasteiger partial charge in [-0.1, -0.05) is 17.7 Å². The van der Waals surface area contributed by atoms with E-state index in [9.17, 15) is 4.79 Å². The van der Waals surface area contributed by atoms with E-state index in [-0.39, 0.29) is 0 Å². The molecule has 2 nitrogen and oxygen atoms in total. The van der Waals surface area contributed by atoms with Gasteiger partial charge in [-0.3, -0.25) is 4.79 Å². The van der Waals surface area contributed by atoms with Gasteiger partial charge in [0.15, 0.2) is 0 Å². The maximum absolute atomic E-state index is 10.0. The largest absolute Gasteiger partial charge is 0.299 e. The molecule has 0 aliphatic carbocycles. The van der Waals surface area contributed by atoms with E-state index in [2.05, 4.69) is 4.98 Å². The van der Waals surface area contributed by atoms with Crippen molar-refractivity contribution in [1.29, 1.82) is 0 Å². The molecule has 0 radical (unpaired) electrons. The molecule has 12 heavy (non-hydrogen) atoms. The van der Waals surface area contributed by atoms with Crippen LogP contribution in [0, 0.1) is 6.92 Å². The van der Waals surface area contributed by atoms with Crippen LogP contribution >= 0.6 is 11.6 Å². The van der Waals surface area contributed by atoms with Crippen molar-refractivity contribution < 1.29 is 4.79 Å². The van der Waals surface area contributed by atoms with Crippen LogP contribution in [0.25, 0.3) is 6.08 Å². The van der Waals surface area contributed by atoms with Crippen molar-refractivity contribution in [3.8, 4) is 0 Å². The Morgan fingerprint density at radius 3 is 2.83 bits per heavy atom. The lowest BCUT2D eigenvalue weighted by Crippen LogP contribution is -1.83. The van der Waals surface area contributed by atoms with Crippen molar-refractivity contribution in [2.45, 2.75) is 6.92 Å². The molecule has 3 heteroatoms. The minimum atomic E-state index is 0.445. The molecule has 0 unspecified atom stereocenters. The van der Waals surface area contributed by atoms with Crippen LogP contribution < -0.4 is 0 Å². The summed E-state index contributed by atoms with van der Waals surface area (Å²) >= 11 is 5.70. The van der Waals surface area contributed by atoms with E-state index in [0.29, 0.717) is 5.15 Å². The van der Waals surface area contributed by atoms with Gasteiger partial charge >= 0.3 is 0 Å². The first-order valence-electron chi connectivity index (χ1n) is 3.48. The number of rotatable bonds is 2. The first-order chi connectivity index (χ1) is 5.72. The lowest BCUT2D eigenvalue weighted by atomic mass is 10.2. The summed E-state index contributed by atoms with van der Waals surface area (Å²) in [5, 5.41) is 0.445. The highest BCUT2D eigenvalue weighted by atomic mass is 35.5. The molecule has 0 atom stereocenters. The van der Waals surface area contributed by atoms with E-state index in [1.807, 2.05) is 13.0 Å². The number of hydrogen-bond acceptors (Lipinski definition) is 2. The fourth-order valence-corrected chi connectivity index (χ4v) is 1.16. The number of carbonyl (C=O) groups is 1. The van der Waals surface area contributed by atoms with Crippen molar-refractivity contribution in [3.63, 3.8) is 0 Å². The van der Waals surface area contributed by atoms with E-state index in [4.69, 9.17) is 11.6 Å². The molecule has 0 spiro atoms. The van der Waals surface area contributed by atoms with Gasteiger partial charge in [-0.05, 0) is 30.7 Å². The summed E-state index contributed by atoms with van der Waals surface area (Å²) in [6, 6.07) is 3.56.